The van der Waals surface area contributed by atoms with Gasteiger partial charge in [-0.2, -0.15) is 13.2 Å². The monoisotopic (exact) mass is 361 g/mol. The second-order valence-electron chi connectivity index (χ2n) is 6.05. The first-order valence-corrected chi connectivity index (χ1v) is 8.41. The fourth-order valence-electron chi connectivity index (χ4n) is 3.15. The van der Waals surface area contributed by atoms with Crippen molar-refractivity contribution in [1.29, 1.82) is 0 Å². The van der Waals surface area contributed by atoms with E-state index < -0.39 is 23.8 Å². The SMILES string of the molecule is CC.NN1Cc2c(cc(CN3CCC(F)CC3)cc2C(F)(F)F)C1=O. The van der Waals surface area contributed by atoms with Crippen LogP contribution in [-0.2, 0) is 19.3 Å². The number of halogens is 4. The fourth-order valence-corrected chi connectivity index (χ4v) is 3.15. The molecule has 0 saturated carbocycles. The molecular formula is C17H23F4N3O. The van der Waals surface area contributed by atoms with E-state index in [-0.39, 0.29) is 24.2 Å². The number of piperidine rings is 1. The van der Waals surface area contributed by atoms with Gasteiger partial charge in [0.05, 0.1) is 12.1 Å². The van der Waals surface area contributed by atoms with E-state index in [1.165, 1.54) is 6.07 Å². The van der Waals surface area contributed by atoms with Crippen LogP contribution in [-0.4, -0.2) is 35.1 Å². The number of nitrogens with zero attached hydrogens (tertiary/aromatic N) is 2. The van der Waals surface area contributed by atoms with Crippen LogP contribution in [0.25, 0.3) is 0 Å². The summed E-state index contributed by atoms with van der Waals surface area (Å²) in [5.74, 6) is 4.85. The molecule has 1 saturated heterocycles. The molecule has 1 fully saturated rings. The molecule has 2 heterocycles. The molecule has 1 aromatic carbocycles. The van der Waals surface area contributed by atoms with E-state index in [0.717, 1.165) is 11.1 Å². The molecule has 0 atom stereocenters. The van der Waals surface area contributed by atoms with Crippen LogP contribution in [0.5, 0.6) is 0 Å². The number of hydrogen-bond donors (Lipinski definition) is 1. The van der Waals surface area contributed by atoms with Crippen LogP contribution >= 0.6 is 0 Å². The van der Waals surface area contributed by atoms with Gasteiger partial charge in [0.15, 0.2) is 0 Å². The molecule has 2 aliphatic heterocycles. The van der Waals surface area contributed by atoms with E-state index in [0.29, 0.717) is 31.5 Å². The Morgan fingerprint density at radius 2 is 1.80 bits per heavy atom. The zero-order valence-electron chi connectivity index (χ0n) is 14.4. The Hall–Kier alpha value is -1.67. The van der Waals surface area contributed by atoms with Gasteiger partial charge in [0.1, 0.15) is 6.17 Å². The molecule has 1 aromatic rings. The van der Waals surface area contributed by atoms with Gasteiger partial charge in [0.25, 0.3) is 5.91 Å². The minimum Gasteiger partial charge on any atom is -0.299 e. The number of nitrogens with two attached hydrogens (primary N) is 1. The van der Waals surface area contributed by atoms with Gasteiger partial charge in [0.2, 0.25) is 0 Å². The summed E-state index contributed by atoms with van der Waals surface area (Å²) in [5.41, 5.74) is -0.474. The van der Waals surface area contributed by atoms with Gasteiger partial charge in [-0.1, -0.05) is 13.8 Å². The Labute approximate surface area is 144 Å². The van der Waals surface area contributed by atoms with Crippen LogP contribution in [0, 0.1) is 0 Å². The Balaban J connectivity index is 0.00000109. The highest BCUT2D eigenvalue weighted by Crippen LogP contribution is 2.37. The van der Waals surface area contributed by atoms with Gasteiger partial charge in [-0.05, 0) is 36.1 Å². The van der Waals surface area contributed by atoms with Crippen LogP contribution in [0.3, 0.4) is 0 Å². The highest BCUT2D eigenvalue weighted by molar-refractivity contribution is 5.98. The van der Waals surface area contributed by atoms with Crippen molar-refractivity contribution < 1.29 is 22.4 Å². The first-order chi connectivity index (χ1) is 11.8. The predicted molar refractivity (Wildman–Crippen MR) is 86.3 cm³/mol. The molecule has 3 rings (SSSR count). The maximum Gasteiger partial charge on any atom is 0.416 e. The summed E-state index contributed by atoms with van der Waals surface area (Å²) in [4.78, 5) is 13.8. The Bertz CT molecular complexity index is 625. The predicted octanol–water partition coefficient (Wildman–Crippen LogP) is 3.50. The fraction of sp³-hybridized carbons (Fsp3) is 0.588. The molecule has 1 amide bonds. The van der Waals surface area contributed by atoms with Crippen molar-refractivity contribution in [3.63, 3.8) is 0 Å². The standard InChI is InChI=1S/C15H17F4N3O.C2H6/c16-10-1-3-21(4-2-10)7-9-5-11-12(8-22(20)14(11)23)13(6-9)15(17,18)19;1-2/h5-6,10H,1-4,7-8,20H2;1-2H3. The molecule has 2 N–H and O–H groups in total. The third-order valence-corrected chi connectivity index (χ3v) is 4.36. The highest BCUT2D eigenvalue weighted by Gasteiger charge is 2.39. The van der Waals surface area contributed by atoms with Gasteiger partial charge < -0.3 is 0 Å². The lowest BCUT2D eigenvalue weighted by molar-refractivity contribution is -0.138. The lowest BCUT2D eigenvalue weighted by Gasteiger charge is -2.28. The van der Waals surface area contributed by atoms with Gasteiger partial charge in [0, 0.05) is 25.2 Å². The number of rotatable bonds is 2. The molecule has 25 heavy (non-hydrogen) atoms. The van der Waals surface area contributed by atoms with E-state index in [4.69, 9.17) is 5.84 Å². The average molecular weight is 361 g/mol. The maximum absolute atomic E-state index is 13.3. The van der Waals surface area contributed by atoms with Crippen molar-refractivity contribution in [2.45, 2.75) is 52.1 Å². The van der Waals surface area contributed by atoms with E-state index in [2.05, 4.69) is 0 Å². The number of carbonyl (C=O) groups is 1. The number of hydrogen-bond acceptors (Lipinski definition) is 3. The number of likely N-dealkylation sites (tertiary alicyclic amines) is 1. The molecule has 0 radical (unpaired) electrons. The van der Waals surface area contributed by atoms with Crippen LogP contribution in [0.4, 0.5) is 17.6 Å². The number of hydrazine groups is 1. The van der Waals surface area contributed by atoms with Crippen LogP contribution in [0.15, 0.2) is 12.1 Å². The summed E-state index contributed by atoms with van der Waals surface area (Å²) in [6.45, 7) is 5.02. The van der Waals surface area contributed by atoms with Crippen molar-refractivity contribution in [2.24, 2.45) is 5.84 Å². The molecule has 0 aliphatic carbocycles. The second-order valence-corrected chi connectivity index (χ2v) is 6.05. The normalized spacial score (nSPS) is 18.8. The van der Waals surface area contributed by atoms with Crippen molar-refractivity contribution in [3.05, 3.63) is 34.4 Å². The first-order valence-electron chi connectivity index (χ1n) is 8.41. The van der Waals surface area contributed by atoms with Crippen LogP contribution in [0.1, 0.15) is 53.7 Å². The third kappa shape index (κ3) is 4.30. The van der Waals surface area contributed by atoms with Gasteiger partial charge in [-0.15, -0.1) is 0 Å². The third-order valence-electron chi connectivity index (χ3n) is 4.36. The maximum atomic E-state index is 13.3. The molecule has 8 heteroatoms. The lowest BCUT2D eigenvalue weighted by atomic mass is 9.98. The molecule has 140 valence electrons. The van der Waals surface area contributed by atoms with Crippen molar-refractivity contribution in [3.8, 4) is 0 Å². The molecule has 2 aliphatic rings. The van der Waals surface area contributed by atoms with E-state index in [9.17, 15) is 22.4 Å². The van der Waals surface area contributed by atoms with Crippen LogP contribution < -0.4 is 5.84 Å². The number of fused-ring (bicyclic) bond motifs is 1. The minimum absolute atomic E-state index is 0.0118. The zero-order valence-corrected chi connectivity index (χ0v) is 14.4. The van der Waals surface area contributed by atoms with Crippen molar-refractivity contribution in [1.82, 2.24) is 9.91 Å². The number of amides is 1. The van der Waals surface area contributed by atoms with E-state index >= 15 is 0 Å². The topological polar surface area (TPSA) is 49.6 Å². The lowest BCUT2D eigenvalue weighted by Crippen LogP contribution is -2.34. The highest BCUT2D eigenvalue weighted by atomic mass is 19.4. The summed E-state index contributed by atoms with van der Waals surface area (Å²) in [6, 6.07) is 2.55. The number of alkyl halides is 4. The Kier molecular flexibility index (Phi) is 6.05. The zero-order chi connectivity index (χ0) is 18.8. The molecule has 0 bridgehead atoms. The summed E-state index contributed by atoms with van der Waals surface area (Å²) in [6.07, 6.45) is -4.62. The molecule has 0 unspecified atom stereocenters. The summed E-state index contributed by atoms with van der Waals surface area (Å²) < 4.78 is 53.0. The quantitative estimate of drug-likeness (QED) is 0.498. The molecule has 0 aromatic heterocycles. The largest absolute Gasteiger partial charge is 0.416 e. The van der Waals surface area contributed by atoms with E-state index in [1.807, 2.05) is 18.7 Å². The molecule has 0 spiro atoms. The van der Waals surface area contributed by atoms with Crippen molar-refractivity contribution in [2.75, 3.05) is 13.1 Å². The van der Waals surface area contributed by atoms with Crippen LogP contribution in [0.2, 0.25) is 0 Å². The Morgan fingerprint density at radius 3 is 2.36 bits per heavy atom. The minimum atomic E-state index is -4.54. The molecular weight excluding hydrogens is 338 g/mol. The summed E-state index contributed by atoms with van der Waals surface area (Å²) >= 11 is 0. The number of carbonyl (C=O) groups excluding carboxylic acids is 1. The van der Waals surface area contributed by atoms with Gasteiger partial charge >= 0.3 is 6.18 Å². The number of benzene rings is 1. The first kappa shape index (κ1) is 19.7. The van der Waals surface area contributed by atoms with E-state index in [1.54, 1.807) is 0 Å². The summed E-state index contributed by atoms with van der Waals surface area (Å²) in [5, 5.41) is 0.790. The summed E-state index contributed by atoms with van der Waals surface area (Å²) in [7, 11) is 0. The van der Waals surface area contributed by atoms with Gasteiger partial charge in [-0.3, -0.25) is 14.7 Å². The second kappa shape index (κ2) is 7.70. The molecule has 4 nitrogen and oxygen atoms in total. The smallest absolute Gasteiger partial charge is 0.299 e. The van der Waals surface area contributed by atoms with Gasteiger partial charge in [-0.25, -0.2) is 10.2 Å². The van der Waals surface area contributed by atoms with Crippen molar-refractivity contribution >= 4 is 5.91 Å². The average Bonchev–Trinajstić information content (AvgIpc) is 2.85. The Morgan fingerprint density at radius 1 is 1.20 bits per heavy atom.